The smallest absolute Gasteiger partial charge is 0.211 e. The summed E-state index contributed by atoms with van der Waals surface area (Å²) in [4.78, 5) is 13.7. The normalized spacial score (nSPS) is 27.2. The highest BCUT2D eigenvalue weighted by Gasteiger charge is 2.65. The molecule has 0 saturated heterocycles. The Balaban J connectivity index is 2.81. The second kappa shape index (κ2) is 1.70. The Bertz CT molecular complexity index is 185. The van der Waals surface area contributed by atoms with Crippen LogP contribution in [-0.2, 0) is 4.79 Å². The van der Waals surface area contributed by atoms with Crippen molar-refractivity contribution in [3.05, 3.63) is 0 Å². The van der Waals surface area contributed by atoms with E-state index in [9.17, 15) is 4.79 Å². The predicted octanol–water partition coefficient (Wildman–Crippen LogP) is 1.76. The van der Waals surface area contributed by atoms with Gasteiger partial charge in [0.15, 0.2) is 0 Å². The summed E-state index contributed by atoms with van der Waals surface area (Å²) in [5.41, 5.74) is 0.370. The van der Waals surface area contributed by atoms with Crippen LogP contribution in [0.25, 0.3) is 0 Å². The van der Waals surface area contributed by atoms with Crippen LogP contribution in [-0.4, -0.2) is 12.1 Å². The first kappa shape index (κ1) is 7.49. The average Bonchev–Trinajstić information content (AvgIpc) is 2.13. The molecule has 0 aromatic heterocycles. The van der Waals surface area contributed by atoms with Gasteiger partial charge < -0.3 is 0 Å². The zero-order chi connectivity index (χ0) is 7.99. The van der Waals surface area contributed by atoms with Crippen molar-refractivity contribution < 1.29 is 4.79 Å². The molecule has 0 bridgehead atoms. The lowest BCUT2D eigenvalue weighted by Crippen LogP contribution is -1.95. The van der Waals surface area contributed by atoms with E-state index in [2.05, 4.69) is 32.7 Å². The van der Waals surface area contributed by atoms with Crippen LogP contribution in [0.15, 0.2) is 4.99 Å². The summed E-state index contributed by atoms with van der Waals surface area (Å²) in [7, 11) is 0. The van der Waals surface area contributed by atoms with Crippen LogP contribution in [0.1, 0.15) is 27.7 Å². The van der Waals surface area contributed by atoms with Crippen molar-refractivity contribution in [3.63, 3.8) is 0 Å². The molecule has 0 atom stereocenters. The van der Waals surface area contributed by atoms with Crippen molar-refractivity contribution in [1.82, 2.24) is 0 Å². The van der Waals surface area contributed by atoms with Gasteiger partial charge in [-0.1, -0.05) is 27.7 Å². The van der Waals surface area contributed by atoms with Gasteiger partial charge in [-0.05, 0) is 10.8 Å². The molecule has 1 saturated carbocycles. The van der Waals surface area contributed by atoms with E-state index in [4.69, 9.17) is 0 Å². The van der Waals surface area contributed by atoms with Gasteiger partial charge in [0, 0.05) is 0 Å². The third-order valence-corrected chi connectivity index (χ3v) is 3.13. The second-order valence-electron chi connectivity index (χ2n) is 4.07. The fourth-order valence-corrected chi connectivity index (χ4v) is 1.54. The molecule has 0 N–H and O–H groups in total. The molecular formula is C8H13NO. The lowest BCUT2D eigenvalue weighted by molar-refractivity contribution is 0.457. The van der Waals surface area contributed by atoms with Gasteiger partial charge in [0.25, 0.3) is 0 Å². The standard InChI is InChI=1S/C8H13NO/c1-7(2)6(9-5-10)8(7,3)4/h6H,1-4H3. The number of hydrogen-bond acceptors (Lipinski definition) is 2. The fourth-order valence-electron chi connectivity index (χ4n) is 1.54. The Hall–Kier alpha value is -0.620. The van der Waals surface area contributed by atoms with Crippen LogP contribution in [0.3, 0.4) is 0 Å². The Kier molecular flexibility index (Phi) is 1.27. The Morgan fingerprint density at radius 2 is 1.60 bits per heavy atom. The first-order valence-electron chi connectivity index (χ1n) is 3.51. The van der Waals surface area contributed by atoms with Crippen molar-refractivity contribution in [1.29, 1.82) is 0 Å². The van der Waals surface area contributed by atoms with Crippen molar-refractivity contribution in [2.45, 2.75) is 33.7 Å². The third-order valence-electron chi connectivity index (χ3n) is 3.13. The van der Waals surface area contributed by atoms with Crippen molar-refractivity contribution >= 4 is 6.08 Å². The van der Waals surface area contributed by atoms with E-state index in [1.807, 2.05) is 0 Å². The SMILES string of the molecule is CC1(C)C(N=C=O)C1(C)C. The quantitative estimate of drug-likeness (QED) is 0.402. The zero-order valence-corrected chi connectivity index (χ0v) is 6.93. The maximum atomic E-state index is 9.94. The average molecular weight is 139 g/mol. The minimum Gasteiger partial charge on any atom is -0.211 e. The van der Waals surface area contributed by atoms with E-state index < -0.39 is 0 Å². The Labute approximate surface area is 61.3 Å². The summed E-state index contributed by atoms with van der Waals surface area (Å²) in [5.74, 6) is 0. The van der Waals surface area contributed by atoms with Crippen LogP contribution in [0.2, 0.25) is 0 Å². The molecule has 2 heteroatoms. The van der Waals surface area contributed by atoms with E-state index in [0.29, 0.717) is 0 Å². The minimum absolute atomic E-state index is 0.178. The molecule has 2 nitrogen and oxygen atoms in total. The van der Waals surface area contributed by atoms with E-state index in [-0.39, 0.29) is 16.9 Å². The molecule has 1 aliphatic carbocycles. The molecule has 0 aliphatic heterocycles. The third kappa shape index (κ3) is 0.657. The van der Waals surface area contributed by atoms with E-state index in [1.165, 1.54) is 0 Å². The van der Waals surface area contributed by atoms with Gasteiger partial charge >= 0.3 is 0 Å². The number of rotatable bonds is 1. The molecule has 0 unspecified atom stereocenters. The van der Waals surface area contributed by atoms with Crippen LogP contribution < -0.4 is 0 Å². The first-order chi connectivity index (χ1) is 4.44. The van der Waals surface area contributed by atoms with Gasteiger partial charge in [-0.3, -0.25) is 0 Å². The largest absolute Gasteiger partial charge is 0.235 e. The zero-order valence-electron chi connectivity index (χ0n) is 6.93. The molecule has 56 valence electrons. The van der Waals surface area contributed by atoms with E-state index in [0.717, 1.165) is 0 Å². The summed E-state index contributed by atoms with van der Waals surface area (Å²) < 4.78 is 0. The van der Waals surface area contributed by atoms with Gasteiger partial charge in [0.1, 0.15) is 0 Å². The summed E-state index contributed by atoms with van der Waals surface area (Å²) >= 11 is 0. The molecule has 0 heterocycles. The van der Waals surface area contributed by atoms with Crippen LogP contribution in [0.4, 0.5) is 0 Å². The number of nitrogens with zero attached hydrogens (tertiary/aromatic N) is 1. The summed E-state index contributed by atoms with van der Waals surface area (Å²) in [6.45, 7) is 8.49. The molecule has 0 amide bonds. The summed E-state index contributed by atoms with van der Waals surface area (Å²) in [6.07, 6.45) is 1.62. The molecule has 0 aromatic carbocycles. The minimum atomic E-state index is 0.178. The molecule has 1 rings (SSSR count). The monoisotopic (exact) mass is 139 g/mol. The van der Waals surface area contributed by atoms with Crippen LogP contribution in [0.5, 0.6) is 0 Å². The predicted molar refractivity (Wildman–Crippen MR) is 39.5 cm³/mol. The lowest BCUT2D eigenvalue weighted by atomic mass is 10.0. The number of isocyanates is 1. The van der Waals surface area contributed by atoms with E-state index in [1.54, 1.807) is 6.08 Å². The number of carbonyl (C=O) groups excluding carboxylic acids is 1. The van der Waals surface area contributed by atoms with Crippen LogP contribution >= 0.6 is 0 Å². The Morgan fingerprint density at radius 1 is 1.20 bits per heavy atom. The van der Waals surface area contributed by atoms with Crippen molar-refractivity contribution in [2.24, 2.45) is 15.8 Å². The number of hydrogen-bond donors (Lipinski definition) is 0. The maximum Gasteiger partial charge on any atom is 0.235 e. The highest BCUT2D eigenvalue weighted by Crippen LogP contribution is 2.64. The topological polar surface area (TPSA) is 29.4 Å². The molecule has 10 heavy (non-hydrogen) atoms. The van der Waals surface area contributed by atoms with E-state index >= 15 is 0 Å². The lowest BCUT2D eigenvalue weighted by Gasteiger charge is -2.02. The van der Waals surface area contributed by atoms with Gasteiger partial charge in [-0.25, -0.2) is 9.79 Å². The molecule has 0 radical (unpaired) electrons. The maximum absolute atomic E-state index is 9.94. The molecular weight excluding hydrogens is 126 g/mol. The second-order valence-corrected chi connectivity index (χ2v) is 4.07. The summed E-state index contributed by atoms with van der Waals surface area (Å²) in [5, 5.41) is 0. The van der Waals surface area contributed by atoms with Gasteiger partial charge in [-0.15, -0.1) is 0 Å². The Morgan fingerprint density at radius 3 is 1.70 bits per heavy atom. The van der Waals surface area contributed by atoms with Gasteiger partial charge in [-0.2, -0.15) is 0 Å². The van der Waals surface area contributed by atoms with Crippen molar-refractivity contribution in [2.75, 3.05) is 0 Å². The van der Waals surface area contributed by atoms with Gasteiger partial charge in [0.05, 0.1) is 6.04 Å². The van der Waals surface area contributed by atoms with Crippen LogP contribution in [0, 0.1) is 10.8 Å². The van der Waals surface area contributed by atoms with Crippen molar-refractivity contribution in [3.8, 4) is 0 Å². The van der Waals surface area contributed by atoms with Gasteiger partial charge in [0.2, 0.25) is 6.08 Å². The molecule has 0 aromatic rings. The fraction of sp³-hybridized carbons (Fsp3) is 0.875. The first-order valence-corrected chi connectivity index (χ1v) is 3.51. The molecule has 0 spiro atoms. The summed E-state index contributed by atoms with van der Waals surface area (Å²) in [6, 6.07) is 0.178. The highest BCUT2D eigenvalue weighted by molar-refractivity contribution is 5.37. The molecule has 1 aliphatic rings. The molecule has 1 fully saturated rings. The number of aliphatic imine (C=N–C) groups is 1. The highest BCUT2D eigenvalue weighted by atomic mass is 16.1.